The van der Waals surface area contributed by atoms with Crippen molar-refractivity contribution in [3.05, 3.63) is 86.6 Å². The van der Waals surface area contributed by atoms with Gasteiger partial charge in [-0.05, 0) is 56.2 Å². The molecule has 4 rings (SSSR count). The molecule has 2 heterocycles. The summed E-state index contributed by atoms with van der Waals surface area (Å²) in [7, 11) is 0. The number of esters is 2. The highest BCUT2D eigenvalue weighted by molar-refractivity contribution is 7.18. The maximum atomic E-state index is 13.0. The molecule has 0 aliphatic rings. The number of hydrogen-bond donors (Lipinski definition) is 1. The Labute approximate surface area is 210 Å². The second-order valence-electron chi connectivity index (χ2n) is 7.72. The molecule has 8 nitrogen and oxygen atoms in total. The van der Waals surface area contributed by atoms with Crippen LogP contribution in [0.4, 0.5) is 5.00 Å². The van der Waals surface area contributed by atoms with Crippen LogP contribution in [0.25, 0.3) is 22.1 Å². The molecule has 0 saturated carbocycles. The van der Waals surface area contributed by atoms with Crippen LogP contribution in [0.1, 0.15) is 49.8 Å². The van der Waals surface area contributed by atoms with Crippen LogP contribution < -0.4 is 10.9 Å². The summed E-state index contributed by atoms with van der Waals surface area (Å²) >= 11 is 0.953. The van der Waals surface area contributed by atoms with Crippen molar-refractivity contribution in [3.8, 4) is 11.1 Å². The van der Waals surface area contributed by atoms with Gasteiger partial charge in [-0.2, -0.15) is 0 Å². The van der Waals surface area contributed by atoms with Gasteiger partial charge in [0.05, 0.1) is 24.3 Å². The second-order valence-corrected chi connectivity index (χ2v) is 8.74. The minimum Gasteiger partial charge on any atom is -0.462 e. The molecule has 0 unspecified atom stereocenters. The molecule has 0 spiro atoms. The molecule has 0 radical (unpaired) electrons. The van der Waals surface area contributed by atoms with Crippen LogP contribution >= 0.6 is 11.3 Å². The van der Waals surface area contributed by atoms with Crippen LogP contribution in [0.15, 0.2) is 63.8 Å². The molecule has 0 bridgehead atoms. The third-order valence-electron chi connectivity index (χ3n) is 5.41. The van der Waals surface area contributed by atoms with Crippen molar-refractivity contribution in [2.24, 2.45) is 0 Å². The van der Waals surface area contributed by atoms with E-state index >= 15 is 0 Å². The summed E-state index contributed by atoms with van der Waals surface area (Å²) < 4.78 is 15.6. The molecule has 2 aromatic heterocycles. The van der Waals surface area contributed by atoms with E-state index in [0.717, 1.165) is 16.7 Å². The summed E-state index contributed by atoms with van der Waals surface area (Å²) in [6, 6.07) is 15.4. The van der Waals surface area contributed by atoms with Gasteiger partial charge in [-0.15, -0.1) is 11.3 Å². The van der Waals surface area contributed by atoms with Crippen molar-refractivity contribution >= 4 is 45.2 Å². The lowest BCUT2D eigenvalue weighted by Gasteiger charge is -2.08. The van der Waals surface area contributed by atoms with Crippen LogP contribution in [-0.4, -0.2) is 31.1 Å². The van der Waals surface area contributed by atoms with Crippen molar-refractivity contribution in [2.75, 3.05) is 18.5 Å². The monoisotopic (exact) mass is 505 g/mol. The number of fused-ring (bicyclic) bond motifs is 1. The molecule has 1 amide bonds. The Hall–Kier alpha value is -4.24. The maximum Gasteiger partial charge on any atom is 0.348 e. The molecule has 0 aliphatic heterocycles. The lowest BCUT2D eigenvalue weighted by Crippen LogP contribution is -2.15. The quantitative estimate of drug-likeness (QED) is 0.263. The fourth-order valence-corrected chi connectivity index (χ4v) is 4.77. The molecule has 4 aromatic rings. The first kappa shape index (κ1) is 24.9. The summed E-state index contributed by atoms with van der Waals surface area (Å²) in [5, 5.41) is 3.69. The summed E-state index contributed by atoms with van der Waals surface area (Å²) in [5.74, 6) is -1.71. The van der Waals surface area contributed by atoms with Crippen LogP contribution in [0.3, 0.4) is 0 Å². The van der Waals surface area contributed by atoms with Gasteiger partial charge < -0.3 is 19.2 Å². The van der Waals surface area contributed by atoms with Gasteiger partial charge in [-0.1, -0.05) is 30.3 Å². The van der Waals surface area contributed by atoms with Crippen molar-refractivity contribution < 1.29 is 28.3 Å². The van der Waals surface area contributed by atoms with Gasteiger partial charge >= 0.3 is 17.6 Å². The Morgan fingerprint density at radius 3 is 2.31 bits per heavy atom. The normalized spacial score (nSPS) is 10.8. The Kier molecular flexibility index (Phi) is 7.30. The zero-order valence-corrected chi connectivity index (χ0v) is 20.7. The number of ether oxygens (including phenoxy) is 2. The highest BCUT2D eigenvalue weighted by Crippen LogP contribution is 2.35. The number of para-hydroxylation sites is 1. The molecule has 36 heavy (non-hydrogen) atoms. The number of nitrogens with one attached hydrogen (secondary N) is 1. The average Bonchev–Trinajstić information content (AvgIpc) is 3.19. The summed E-state index contributed by atoms with van der Waals surface area (Å²) in [4.78, 5) is 50.6. The Morgan fingerprint density at radius 1 is 0.944 bits per heavy atom. The fourth-order valence-electron chi connectivity index (χ4n) is 3.68. The third-order valence-corrected chi connectivity index (χ3v) is 6.60. The lowest BCUT2D eigenvalue weighted by molar-refractivity contribution is 0.0527. The smallest absolute Gasteiger partial charge is 0.348 e. The van der Waals surface area contributed by atoms with Crippen molar-refractivity contribution in [1.29, 1.82) is 0 Å². The number of anilines is 1. The number of hydrogen-bond acceptors (Lipinski definition) is 8. The molecule has 0 aliphatic carbocycles. The Balaban J connectivity index is 1.62. The zero-order chi connectivity index (χ0) is 25.8. The molecule has 184 valence electrons. The minimum atomic E-state index is -0.643. The molecule has 0 atom stereocenters. The van der Waals surface area contributed by atoms with Crippen molar-refractivity contribution in [1.82, 2.24) is 0 Å². The van der Waals surface area contributed by atoms with E-state index in [2.05, 4.69) is 5.32 Å². The van der Waals surface area contributed by atoms with Gasteiger partial charge in [-0.3, -0.25) is 4.79 Å². The van der Waals surface area contributed by atoms with Gasteiger partial charge in [-0.25, -0.2) is 14.4 Å². The van der Waals surface area contributed by atoms with E-state index in [0.29, 0.717) is 27.8 Å². The Bertz CT molecular complexity index is 1520. The van der Waals surface area contributed by atoms with Gasteiger partial charge in [0.25, 0.3) is 5.91 Å². The summed E-state index contributed by atoms with van der Waals surface area (Å²) in [6.07, 6.45) is 0. The van der Waals surface area contributed by atoms with E-state index in [-0.39, 0.29) is 28.7 Å². The van der Waals surface area contributed by atoms with Crippen molar-refractivity contribution in [3.63, 3.8) is 0 Å². The number of carbonyl (C=O) groups excluding carboxylic acids is 3. The Morgan fingerprint density at radius 2 is 1.61 bits per heavy atom. The van der Waals surface area contributed by atoms with E-state index in [1.165, 1.54) is 0 Å². The highest BCUT2D eigenvalue weighted by Gasteiger charge is 2.27. The van der Waals surface area contributed by atoms with Crippen LogP contribution in [0.2, 0.25) is 0 Å². The summed E-state index contributed by atoms with van der Waals surface area (Å²) in [5.41, 5.74) is 1.77. The molecular formula is C27H23NO7S. The molecule has 2 aromatic carbocycles. The van der Waals surface area contributed by atoms with E-state index in [4.69, 9.17) is 13.9 Å². The van der Waals surface area contributed by atoms with E-state index in [1.54, 1.807) is 63.2 Å². The maximum absolute atomic E-state index is 13.0. The predicted octanol–water partition coefficient (Wildman–Crippen LogP) is 5.44. The van der Waals surface area contributed by atoms with Crippen molar-refractivity contribution in [2.45, 2.75) is 20.8 Å². The summed E-state index contributed by atoms with van der Waals surface area (Å²) in [6.45, 7) is 5.27. The fraction of sp³-hybridized carbons (Fsp3) is 0.185. The number of benzene rings is 2. The molecule has 9 heteroatoms. The van der Waals surface area contributed by atoms with E-state index < -0.39 is 23.5 Å². The van der Waals surface area contributed by atoms with Gasteiger partial charge in [0.2, 0.25) is 0 Å². The molecular weight excluding hydrogens is 482 g/mol. The van der Waals surface area contributed by atoms with Crippen LogP contribution in [0.5, 0.6) is 0 Å². The highest BCUT2D eigenvalue weighted by atomic mass is 32.1. The lowest BCUT2D eigenvalue weighted by atomic mass is 10.0. The molecule has 0 fully saturated rings. The topological polar surface area (TPSA) is 112 Å². The first-order valence-electron chi connectivity index (χ1n) is 11.3. The van der Waals surface area contributed by atoms with Crippen LogP contribution in [0, 0.1) is 6.92 Å². The van der Waals surface area contributed by atoms with Gasteiger partial charge in [0.15, 0.2) is 0 Å². The molecule has 0 saturated heterocycles. The molecule has 1 N–H and O–H groups in total. The van der Waals surface area contributed by atoms with Crippen LogP contribution in [-0.2, 0) is 9.47 Å². The SMILES string of the molecule is CCOC(=O)c1sc(NC(=O)c2ccc(-c3cc4ccccc4oc3=O)cc2)c(C(=O)OCC)c1C. The predicted molar refractivity (Wildman–Crippen MR) is 137 cm³/mol. The minimum absolute atomic E-state index is 0.114. The first-order valence-corrected chi connectivity index (χ1v) is 12.1. The third kappa shape index (κ3) is 4.92. The number of amides is 1. The van der Waals surface area contributed by atoms with E-state index in [1.807, 2.05) is 12.1 Å². The second kappa shape index (κ2) is 10.6. The zero-order valence-electron chi connectivity index (χ0n) is 19.9. The number of rotatable bonds is 7. The standard InChI is InChI=1S/C27H23NO7S/c1-4-33-26(31)21-15(3)22(27(32)34-5-2)36-24(21)28-23(29)17-12-10-16(11-13-17)19-14-18-8-6-7-9-20(18)35-25(19)30/h6-14H,4-5H2,1-3H3,(H,28,29). The van der Waals surface area contributed by atoms with Gasteiger partial charge in [0.1, 0.15) is 15.5 Å². The first-order chi connectivity index (χ1) is 17.3. The average molecular weight is 506 g/mol. The largest absolute Gasteiger partial charge is 0.462 e. The van der Waals surface area contributed by atoms with E-state index in [9.17, 15) is 19.2 Å². The van der Waals surface area contributed by atoms with Gasteiger partial charge in [0, 0.05) is 10.9 Å². The number of carbonyl (C=O) groups is 3. The number of thiophene rings is 1.